The maximum atomic E-state index is 11.3. The minimum Gasteiger partial charge on any atom is -0.465 e. The molecule has 4 heteroatoms. The molecule has 0 aromatic carbocycles. The van der Waals surface area contributed by atoms with E-state index in [4.69, 9.17) is 9.47 Å². The Morgan fingerprint density at radius 1 is 1.19 bits per heavy atom. The number of esters is 2. The highest BCUT2D eigenvalue weighted by molar-refractivity contribution is 5.91. The Balaban J connectivity index is 2.15. The lowest BCUT2D eigenvalue weighted by Gasteiger charge is -2.11. The zero-order valence-corrected chi connectivity index (χ0v) is 10.0. The van der Waals surface area contributed by atoms with Crippen molar-refractivity contribution in [1.29, 1.82) is 0 Å². The normalized spacial score (nSPS) is 16.4. The highest BCUT2D eigenvalue weighted by Gasteiger charge is 2.21. The van der Waals surface area contributed by atoms with E-state index in [0.29, 0.717) is 6.61 Å². The van der Waals surface area contributed by atoms with Crippen molar-refractivity contribution < 1.29 is 19.1 Å². The van der Waals surface area contributed by atoms with Crippen LogP contribution in [0.2, 0.25) is 0 Å². The summed E-state index contributed by atoms with van der Waals surface area (Å²) < 4.78 is 10.0. The second-order valence-corrected chi connectivity index (χ2v) is 4.65. The Bertz CT molecular complexity index is 241. The molecule has 1 rings (SSSR count). The number of rotatable bonds is 5. The first-order valence-electron chi connectivity index (χ1n) is 5.93. The van der Waals surface area contributed by atoms with Gasteiger partial charge in [-0.15, -0.1) is 0 Å². The molecule has 1 aliphatic carbocycles. The van der Waals surface area contributed by atoms with Crippen molar-refractivity contribution in [1.82, 2.24) is 0 Å². The van der Waals surface area contributed by atoms with E-state index >= 15 is 0 Å². The first-order valence-corrected chi connectivity index (χ1v) is 5.93. The molecule has 1 aliphatic rings. The number of carbonyl (C=O) groups excluding carboxylic acids is 2. The Labute approximate surface area is 96.3 Å². The van der Waals surface area contributed by atoms with Gasteiger partial charge in [-0.05, 0) is 31.6 Å². The van der Waals surface area contributed by atoms with Crippen LogP contribution in [0.4, 0.5) is 0 Å². The molecule has 4 nitrogen and oxygen atoms in total. The number of ether oxygens (including phenoxy) is 2. The van der Waals surface area contributed by atoms with E-state index in [0.717, 1.165) is 25.7 Å². The van der Waals surface area contributed by atoms with Crippen molar-refractivity contribution >= 4 is 11.9 Å². The molecule has 0 N–H and O–H groups in total. The summed E-state index contributed by atoms with van der Waals surface area (Å²) in [4.78, 5) is 22.5. The van der Waals surface area contributed by atoms with Gasteiger partial charge in [-0.1, -0.05) is 13.8 Å². The predicted octanol–water partition coefficient (Wildman–Crippen LogP) is 2.06. The summed E-state index contributed by atoms with van der Waals surface area (Å²) in [5.41, 5.74) is 0. The van der Waals surface area contributed by atoms with E-state index in [1.54, 1.807) is 0 Å². The van der Waals surface area contributed by atoms with Crippen molar-refractivity contribution in [2.75, 3.05) is 6.61 Å². The summed E-state index contributed by atoms with van der Waals surface area (Å²) in [5.74, 6) is -0.660. The maximum Gasteiger partial charge on any atom is 0.317 e. The Hall–Kier alpha value is -1.06. The van der Waals surface area contributed by atoms with Gasteiger partial charge in [-0.3, -0.25) is 9.59 Å². The van der Waals surface area contributed by atoms with Crippen molar-refractivity contribution in [2.24, 2.45) is 5.92 Å². The summed E-state index contributed by atoms with van der Waals surface area (Å²) in [6.45, 7) is 4.25. The van der Waals surface area contributed by atoms with Gasteiger partial charge in [0.05, 0.1) is 6.61 Å². The smallest absolute Gasteiger partial charge is 0.317 e. The monoisotopic (exact) mass is 228 g/mol. The average Bonchev–Trinajstić information content (AvgIpc) is 2.67. The van der Waals surface area contributed by atoms with Gasteiger partial charge >= 0.3 is 11.9 Å². The molecule has 1 fully saturated rings. The Kier molecular flexibility index (Phi) is 5.29. The summed E-state index contributed by atoms with van der Waals surface area (Å²) in [5, 5.41) is 0. The number of hydrogen-bond acceptors (Lipinski definition) is 4. The molecule has 0 amide bonds. The molecule has 0 spiro atoms. The lowest BCUT2D eigenvalue weighted by atomic mass is 10.2. The van der Waals surface area contributed by atoms with Gasteiger partial charge in [0, 0.05) is 0 Å². The van der Waals surface area contributed by atoms with Crippen LogP contribution < -0.4 is 0 Å². The fourth-order valence-electron chi connectivity index (χ4n) is 1.66. The Morgan fingerprint density at radius 2 is 1.81 bits per heavy atom. The van der Waals surface area contributed by atoms with Crippen LogP contribution in [0.25, 0.3) is 0 Å². The lowest BCUT2D eigenvalue weighted by molar-refractivity contribution is -0.158. The van der Waals surface area contributed by atoms with E-state index in [2.05, 4.69) is 0 Å². The molecule has 1 saturated carbocycles. The minimum atomic E-state index is -0.489. The molecule has 0 aromatic rings. The minimum absolute atomic E-state index is 0.0189. The van der Waals surface area contributed by atoms with Gasteiger partial charge in [0.15, 0.2) is 0 Å². The third-order valence-corrected chi connectivity index (χ3v) is 2.47. The van der Waals surface area contributed by atoms with Crippen LogP contribution in [0.15, 0.2) is 0 Å². The largest absolute Gasteiger partial charge is 0.465 e. The zero-order valence-electron chi connectivity index (χ0n) is 10.0. The van der Waals surface area contributed by atoms with Crippen molar-refractivity contribution in [3.8, 4) is 0 Å². The summed E-state index contributed by atoms with van der Waals surface area (Å²) in [7, 11) is 0. The van der Waals surface area contributed by atoms with Gasteiger partial charge in [-0.25, -0.2) is 0 Å². The van der Waals surface area contributed by atoms with Crippen molar-refractivity contribution in [2.45, 2.75) is 52.1 Å². The number of hydrogen-bond donors (Lipinski definition) is 0. The van der Waals surface area contributed by atoms with Crippen LogP contribution in [0.5, 0.6) is 0 Å². The van der Waals surface area contributed by atoms with E-state index in [1.807, 2.05) is 13.8 Å². The fraction of sp³-hybridized carbons (Fsp3) is 0.833. The first-order chi connectivity index (χ1) is 7.58. The van der Waals surface area contributed by atoms with E-state index in [1.165, 1.54) is 0 Å². The third-order valence-electron chi connectivity index (χ3n) is 2.47. The quantitative estimate of drug-likeness (QED) is 0.534. The fourth-order valence-corrected chi connectivity index (χ4v) is 1.66. The highest BCUT2D eigenvalue weighted by Crippen LogP contribution is 2.21. The molecule has 0 bridgehead atoms. The molecule has 0 aromatic heterocycles. The van der Waals surface area contributed by atoms with Crippen LogP contribution in [0.1, 0.15) is 46.0 Å². The summed E-state index contributed by atoms with van der Waals surface area (Å²) >= 11 is 0. The third kappa shape index (κ3) is 5.14. The molecule has 0 saturated heterocycles. The van der Waals surface area contributed by atoms with Gasteiger partial charge < -0.3 is 9.47 Å². The van der Waals surface area contributed by atoms with E-state index in [-0.39, 0.29) is 18.4 Å². The highest BCUT2D eigenvalue weighted by atomic mass is 16.6. The van der Waals surface area contributed by atoms with Gasteiger partial charge in [0.1, 0.15) is 12.5 Å². The maximum absolute atomic E-state index is 11.3. The number of carbonyl (C=O) groups is 2. The van der Waals surface area contributed by atoms with Crippen LogP contribution >= 0.6 is 0 Å². The van der Waals surface area contributed by atoms with E-state index < -0.39 is 11.9 Å². The molecule has 0 radical (unpaired) electrons. The van der Waals surface area contributed by atoms with Gasteiger partial charge in [0.2, 0.25) is 0 Å². The van der Waals surface area contributed by atoms with Crippen LogP contribution in [0.3, 0.4) is 0 Å². The molecule has 16 heavy (non-hydrogen) atoms. The summed E-state index contributed by atoms with van der Waals surface area (Å²) in [6, 6.07) is 0. The zero-order chi connectivity index (χ0) is 12.0. The van der Waals surface area contributed by atoms with Crippen LogP contribution in [-0.2, 0) is 19.1 Å². The second kappa shape index (κ2) is 6.51. The predicted molar refractivity (Wildman–Crippen MR) is 58.8 cm³/mol. The van der Waals surface area contributed by atoms with E-state index in [9.17, 15) is 9.59 Å². The standard InChI is InChI=1S/C12H20O4/c1-9(2)8-15-11(13)7-12(14)16-10-5-3-4-6-10/h9-10H,3-8H2,1-2H3. The van der Waals surface area contributed by atoms with Gasteiger partial charge in [-0.2, -0.15) is 0 Å². The van der Waals surface area contributed by atoms with Crippen LogP contribution in [0, 0.1) is 5.92 Å². The molecule has 0 atom stereocenters. The summed E-state index contributed by atoms with van der Waals surface area (Å²) in [6.07, 6.45) is 3.82. The average molecular weight is 228 g/mol. The lowest BCUT2D eigenvalue weighted by Crippen LogP contribution is -2.20. The van der Waals surface area contributed by atoms with Crippen molar-refractivity contribution in [3.63, 3.8) is 0 Å². The molecule has 0 aliphatic heterocycles. The molecule has 92 valence electrons. The molecular formula is C12H20O4. The molecule has 0 unspecified atom stereocenters. The topological polar surface area (TPSA) is 52.6 Å². The second-order valence-electron chi connectivity index (χ2n) is 4.65. The van der Waals surface area contributed by atoms with Crippen molar-refractivity contribution in [3.05, 3.63) is 0 Å². The first kappa shape index (κ1) is 13.0. The van der Waals surface area contributed by atoms with Crippen LogP contribution in [-0.4, -0.2) is 24.6 Å². The molecule has 0 heterocycles. The molecular weight excluding hydrogens is 208 g/mol. The SMILES string of the molecule is CC(C)COC(=O)CC(=O)OC1CCCC1. The Morgan fingerprint density at radius 3 is 2.38 bits per heavy atom. The van der Waals surface area contributed by atoms with Gasteiger partial charge in [0.25, 0.3) is 0 Å².